The second kappa shape index (κ2) is 7.52. The minimum absolute atomic E-state index is 0.688. The maximum atomic E-state index is 4.41. The predicted molar refractivity (Wildman–Crippen MR) is 76.6 cm³/mol. The molecule has 18 heavy (non-hydrogen) atoms. The standard InChI is InChI=1S/C16H26N2/c1-2-12-17-16(9-8-14-6-7-14)11-10-15-5-3-4-13-18-15/h3-5,13-14,16-17H,2,6-12H2,1H3. The van der Waals surface area contributed by atoms with Crippen molar-refractivity contribution in [3.05, 3.63) is 30.1 Å². The average Bonchev–Trinajstić information content (AvgIpc) is 3.23. The Morgan fingerprint density at radius 1 is 1.33 bits per heavy atom. The number of hydrogen-bond donors (Lipinski definition) is 1. The van der Waals surface area contributed by atoms with E-state index >= 15 is 0 Å². The van der Waals surface area contributed by atoms with Crippen LogP contribution in [-0.2, 0) is 6.42 Å². The Hall–Kier alpha value is -0.890. The summed E-state index contributed by atoms with van der Waals surface area (Å²) in [5.74, 6) is 1.05. The molecular formula is C16H26N2. The van der Waals surface area contributed by atoms with Gasteiger partial charge in [0.25, 0.3) is 0 Å². The van der Waals surface area contributed by atoms with Gasteiger partial charge in [-0.1, -0.05) is 25.8 Å². The fourth-order valence-electron chi connectivity index (χ4n) is 2.41. The van der Waals surface area contributed by atoms with Gasteiger partial charge in [-0.25, -0.2) is 0 Å². The van der Waals surface area contributed by atoms with Crippen molar-refractivity contribution in [2.24, 2.45) is 5.92 Å². The van der Waals surface area contributed by atoms with Crippen molar-refractivity contribution in [2.45, 2.75) is 57.9 Å². The zero-order valence-electron chi connectivity index (χ0n) is 11.6. The first kappa shape index (κ1) is 13.5. The summed E-state index contributed by atoms with van der Waals surface area (Å²) in [6, 6.07) is 6.90. The van der Waals surface area contributed by atoms with Gasteiger partial charge in [0.2, 0.25) is 0 Å². The van der Waals surface area contributed by atoms with Gasteiger partial charge in [0.15, 0.2) is 0 Å². The van der Waals surface area contributed by atoms with Crippen LogP contribution in [0.3, 0.4) is 0 Å². The second-order valence-corrected chi connectivity index (χ2v) is 5.53. The van der Waals surface area contributed by atoms with Gasteiger partial charge in [0.05, 0.1) is 0 Å². The van der Waals surface area contributed by atoms with E-state index in [0.29, 0.717) is 6.04 Å². The fraction of sp³-hybridized carbons (Fsp3) is 0.688. The van der Waals surface area contributed by atoms with Crippen LogP contribution in [0.25, 0.3) is 0 Å². The van der Waals surface area contributed by atoms with E-state index in [1.165, 1.54) is 44.2 Å². The number of nitrogens with one attached hydrogen (secondary N) is 1. The normalized spacial score (nSPS) is 16.7. The van der Waals surface area contributed by atoms with E-state index in [0.717, 1.165) is 18.9 Å². The van der Waals surface area contributed by atoms with E-state index < -0.39 is 0 Å². The van der Waals surface area contributed by atoms with Crippen LogP contribution in [0.1, 0.15) is 51.1 Å². The van der Waals surface area contributed by atoms with E-state index in [4.69, 9.17) is 0 Å². The monoisotopic (exact) mass is 246 g/mol. The molecule has 1 heterocycles. The van der Waals surface area contributed by atoms with Crippen LogP contribution in [0.2, 0.25) is 0 Å². The Morgan fingerprint density at radius 2 is 2.22 bits per heavy atom. The minimum Gasteiger partial charge on any atom is -0.314 e. The van der Waals surface area contributed by atoms with Crippen molar-refractivity contribution in [3.63, 3.8) is 0 Å². The third kappa shape index (κ3) is 5.18. The molecule has 1 atom stereocenters. The van der Waals surface area contributed by atoms with E-state index in [2.05, 4.69) is 29.4 Å². The molecule has 1 unspecified atom stereocenters. The SMILES string of the molecule is CCCNC(CCc1ccccn1)CCC1CC1. The van der Waals surface area contributed by atoms with Crippen molar-refractivity contribution < 1.29 is 0 Å². The van der Waals surface area contributed by atoms with Gasteiger partial charge < -0.3 is 5.32 Å². The third-order valence-electron chi connectivity index (χ3n) is 3.78. The lowest BCUT2D eigenvalue weighted by atomic mass is 10.0. The maximum absolute atomic E-state index is 4.41. The van der Waals surface area contributed by atoms with E-state index in [1.807, 2.05) is 12.3 Å². The smallest absolute Gasteiger partial charge is 0.0404 e. The summed E-state index contributed by atoms with van der Waals surface area (Å²) in [6.07, 6.45) is 11.2. The first-order chi connectivity index (χ1) is 8.88. The fourth-order valence-corrected chi connectivity index (χ4v) is 2.41. The molecule has 0 spiro atoms. The molecule has 0 amide bonds. The molecule has 1 saturated carbocycles. The molecule has 0 radical (unpaired) electrons. The number of rotatable bonds is 9. The summed E-state index contributed by atoms with van der Waals surface area (Å²) >= 11 is 0. The summed E-state index contributed by atoms with van der Waals surface area (Å²) in [6.45, 7) is 3.39. The zero-order valence-corrected chi connectivity index (χ0v) is 11.6. The molecule has 1 N–H and O–H groups in total. The quantitative estimate of drug-likeness (QED) is 0.720. The summed E-state index contributed by atoms with van der Waals surface area (Å²) in [7, 11) is 0. The molecule has 0 aliphatic heterocycles. The van der Waals surface area contributed by atoms with E-state index in [9.17, 15) is 0 Å². The van der Waals surface area contributed by atoms with Crippen LogP contribution in [0, 0.1) is 5.92 Å². The van der Waals surface area contributed by atoms with E-state index in [1.54, 1.807) is 0 Å². The molecule has 1 aliphatic carbocycles. The third-order valence-corrected chi connectivity index (χ3v) is 3.78. The number of nitrogens with zero attached hydrogens (tertiary/aromatic N) is 1. The Morgan fingerprint density at radius 3 is 2.89 bits per heavy atom. The first-order valence-corrected chi connectivity index (χ1v) is 7.51. The minimum atomic E-state index is 0.688. The highest BCUT2D eigenvalue weighted by Crippen LogP contribution is 2.34. The van der Waals surface area contributed by atoms with Crippen LogP contribution in [0.4, 0.5) is 0 Å². The van der Waals surface area contributed by atoms with E-state index in [-0.39, 0.29) is 0 Å². The zero-order chi connectivity index (χ0) is 12.6. The molecule has 1 fully saturated rings. The highest BCUT2D eigenvalue weighted by molar-refractivity contribution is 5.03. The summed E-state index contributed by atoms with van der Waals surface area (Å²) in [5, 5.41) is 3.70. The Labute approximate surface area is 111 Å². The van der Waals surface area contributed by atoms with Crippen molar-refractivity contribution in [1.29, 1.82) is 0 Å². The molecule has 2 rings (SSSR count). The van der Waals surface area contributed by atoms with Gasteiger partial charge in [0, 0.05) is 17.9 Å². The molecule has 0 aromatic carbocycles. The summed E-state index contributed by atoms with van der Waals surface area (Å²) in [5.41, 5.74) is 1.23. The molecule has 100 valence electrons. The van der Waals surface area contributed by atoms with Crippen molar-refractivity contribution in [2.75, 3.05) is 6.54 Å². The van der Waals surface area contributed by atoms with Crippen LogP contribution < -0.4 is 5.32 Å². The van der Waals surface area contributed by atoms with Crippen LogP contribution in [0.15, 0.2) is 24.4 Å². The Bertz CT molecular complexity index is 319. The van der Waals surface area contributed by atoms with Gasteiger partial charge in [-0.05, 0) is 56.7 Å². The Kier molecular flexibility index (Phi) is 5.66. The maximum Gasteiger partial charge on any atom is 0.0404 e. The highest BCUT2D eigenvalue weighted by Gasteiger charge is 2.22. The van der Waals surface area contributed by atoms with Gasteiger partial charge >= 0.3 is 0 Å². The number of hydrogen-bond acceptors (Lipinski definition) is 2. The molecule has 1 aromatic heterocycles. The lowest BCUT2D eigenvalue weighted by molar-refractivity contribution is 0.430. The number of pyridine rings is 1. The average molecular weight is 246 g/mol. The van der Waals surface area contributed by atoms with Gasteiger partial charge in [0.1, 0.15) is 0 Å². The van der Waals surface area contributed by atoms with Crippen LogP contribution >= 0.6 is 0 Å². The van der Waals surface area contributed by atoms with Crippen molar-refractivity contribution in [3.8, 4) is 0 Å². The molecule has 0 bridgehead atoms. The largest absolute Gasteiger partial charge is 0.314 e. The predicted octanol–water partition coefficient (Wildman–Crippen LogP) is 3.57. The molecule has 0 saturated heterocycles. The topological polar surface area (TPSA) is 24.9 Å². The van der Waals surface area contributed by atoms with Crippen LogP contribution in [-0.4, -0.2) is 17.6 Å². The van der Waals surface area contributed by atoms with Crippen molar-refractivity contribution in [1.82, 2.24) is 10.3 Å². The molecular weight excluding hydrogens is 220 g/mol. The van der Waals surface area contributed by atoms with Gasteiger partial charge in [-0.15, -0.1) is 0 Å². The number of aryl methyl sites for hydroxylation is 1. The molecule has 1 aliphatic rings. The second-order valence-electron chi connectivity index (χ2n) is 5.53. The lowest BCUT2D eigenvalue weighted by Crippen LogP contribution is -2.30. The molecule has 1 aromatic rings. The van der Waals surface area contributed by atoms with Crippen LogP contribution in [0.5, 0.6) is 0 Å². The van der Waals surface area contributed by atoms with Gasteiger partial charge in [-0.3, -0.25) is 4.98 Å². The summed E-state index contributed by atoms with van der Waals surface area (Å²) in [4.78, 5) is 4.41. The molecule has 2 nitrogen and oxygen atoms in total. The van der Waals surface area contributed by atoms with Gasteiger partial charge in [-0.2, -0.15) is 0 Å². The molecule has 2 heteroatoms. The first-order valence-electron chi connectivity index (χ1n) is 7.51. The lowest BCUT2D eigenvalue weighted by Gasteiger charge is -2.18. The summed E-state index contributed by atoms with van der Waals surface area (Å²) < 4.78 is 0. The number of aromatic nitrogens is 1. The Balaban J connectivity index is 1.72. The van der Waals surface area contributed by atoms with Crippen molar-refractivity contribution >= 4 is 0 Å². The highest BCUT2D eigenvalue weighted by atomic mass is 14.9.